The highest BCUT2D eigenvalue weighted by Crippen LogP contribution is 2.31. The Balaban J connectivity index is 2.27. The molecule has 0 fully saturated rings. The van der Waals surface area contributed by atoms with Crippen LogP contribution in [0.1, 0.15) is 12.5 Å². The Bertz CT molecular complexity index is 970. The van der Waals surface area contributed by atoms with E-state index in [0.717, 1.165) is 0 Å². The third-order valence-electron chi connectivity index (χ3n) is 3.80. The van der Waals surface area contributed by atoms with Crippen molar-refractivity contribution in [3.63, 3.8) is 0 Å². The van der Waals surface area contributed by atoms with Crippen LogP contribution in [0.2, 0.25) is 0 Å². The minimum atomic E-state index is -3.01. The number of amides is 1. The van der Waals surface area contributed by atoms with Gasteiger partial charge in [0.2, 0.25) is 0 Å². The maximum Gasteiger partial charge on any atom is 0.387 e. The van der Waals surface area contributed by atoms with Crippen molar-refractivity contribution in [1.82, 2.24) is 0 Å². The quantitative estimate of drug-likeness (QED) is 0.484. The Kier molecular flexibility index (Phi) is 7.99. The molecule has 1 N–H and O–H groups in total. The first-order valence-corrected chi connectivity index (χ1v) is 8.78. The lowest BCUT2D eigenvalue weighted by Gasteiger charge is -2.12. The molecule has 30 heavy (non-hydrogen) atoms. The molecular weight excluding hydrogens is 398 g/mol. The van der Waals surface area contributed by atoms with Gasteiger partial charge in [-0.15, -0.1) is 0 Å². The highest BCUT2D eigenvalue weighted by molar-refractivity contribution is 6.09. The second-order valence-electron chi connectivity index (χ2n) is 5.71. The summed E-state index contributed by atoms with van der Waals surface area (Å²) in [6, 6.07) is 10.7. The molecule has 0 aliphatic carbocycles. The molecule has 2 aromatic rings. The third kappa shape index (κ3) is 5.85. The van der Waals surface area contributed by atoms with Crippen molar-refractivity contribution >= 4 is 17.7 Å². The number of ether oxygens (including phenoxy) is 4. The zero-order valence-corrected chi connectivity index (χ0v) is 16.6. The zero-order chi connectivity index (χ0) is 22.1. The smallest absolute Gasteiger partial charge is 0.387 e. The first-order chi connectivity index (χ1) is 14.4. The first kappa shape index (κ1) is 22.5. The van der Waals surface area contributed by atoms with E-state index in [9.17, 15) is 18.8 Å². The lowest BCUT2D eigenvalue weighted by Crippen LogP contribution is -2.13. The molecule has 0 aromatic heterocycles. The number of nitrogens with one attached hydrogen (secondary N) is 1. The monoisotopic (exact) mass is 418 g/mol. The molecule has 0 saturated heterocycles. The summed E-state index contributed by atoms with van der Waals surface area (Å²) in [7, 11) is 2.95. The molecule has 0 aliphatic heterocycles. The Morgan fingerprint density at radius 1 is 1.10 bits per heavy atom. The van der Waals surface area contributed by atoms with Crippen LogP contribution in [-0.4, -0.2) is 33.3 Å². The van der Waals surface area contributed by atoms with E-state index in [1.165, 1.54) is 38.5 Å². The van der Waals surface area contributed by atoms with E-state index in [1.54, 1.807) is 25.1 Å². The Morgan fingerprint density at radius 2 is 1.80 bits per heavy atom. The van der Waals surface area contributed by atoms with Gasteiger partial charge in [-0.3, -0.25) is 4.79 Å². The largest absolute Gasteiger partial charge is 0.493 e. The Hall–Kier alpha value is -3.80. The van der Waals surface area contributed by atoms with Gasteiger partial charge < -0.3 is 24.3 Å². The average molecular weight is 418 g/mol. The molecule has 0 heterocycles. The van der Waals surface area contributed by atoms with E-state index in [0.29, 0.717) is 22.7 Å². The molecule has 2 rings (SSSR count). The van der Waals surface area contributed by atoms with Gasteiger partial charge >= 0.3 is 6.61 Å². The molecule has 0 atom stereocenters. The molecule has 0 aliphatic rings. The van der Waals surface area contributed by atoms with E-state index in [4.69, 9.17) is 14.2 Å². The minimum absolute atomic E-state index is 0.0733. The molecule has 0 radical (unpaired) electrons. The highest BCUT2D eigenvalue weighted by atomic mass is 19.3. The summed E-state index contributed by atoms with van der Waals surface area (Å²) >= 11 is 0. The summed E-state index contributed by atoms with van der Waals surface area (Å²) < 4.78 is 45.1. The summed E-state index contributed by atoms with van der Waals surface area (Å²) in [6.45, 7) is -1.10. The summed E-state index contributed by atoms with van der Waals surface area (Å²) in [6.07, 6.45) is 1.31. The van der Waals surface area contributed by atoms with Gasteiger partial charge in [0.05, 0.1) is 20.8 Å². The van der Waals surface area contributed by atoms with Crippen LogP contribution in [0.3, 0.4) is 0 Å². The van der Waals surface area contributed by atoms with E-state index in [2.05, 4.69) is 10.1 Å². The van der Waals surface area contributed by atoms with Gasteiger partial charge in [0.25, 0.3) is 5.91 Å². The van der Waals surface area contributed by atoms with Crippen LogP contribution in [0.25, 0.3) is 6.08 Å². The topological polar surface area (TPSA) is 89.8 Å². The van der Waals surface area contributed by atoms with Crippen molar-refractivity contribution in [3.8, 4) is 29.1 Å². The number of rotatable bonds is 9. The fourth-order valence-corrected chi connectivity index (χ4v) is 2.50. The van der Waals surface area contributed by atoms with Gasteiger partial charge in [0, 0.05) is 11.8 Å². The predicted molar refractivity (Wildman–Crippen MR) is 106 cm³/mol. The van der Waals surface area contributed by atoms with Gasteiger partial charge in [-0.1, -0.05) is 6.07 Å². The van der Waals surface area contributed by atoms with Gasteiger partial charge in [-0.05, 0) is 42.8 Å². The number of carbonyl (C=O) groups excluding carboxylic acids is 1. The molecule has 0 spiro atoms. The molecule has 2 aromatic carbocycles. The van der Waals surface area contributed by atoms with Gasteiger partial charge in [-0.2, -0.15) is 14.0 Å². The first-order valence-electron chi connectivity index (χ1n) is 8.78. The molecule has 0 bridgehead atoms. The summed E-state index contributed by atoms with van der Waals surface area (Å²) in [5, 5.41) is 12.0. The molecule has 0 saturated carbocycles. The number of hydrogen-bond acceptors (Lipinski definition) is 6. The molecule has 7 nitrogen and oxygen atoms in total. The fraction of sp³-hybridized carbons (Fsp3) is 0.238. The van der Waals surface area contributed by atoms with Crippen LogP contribution in [0.4, 0.5) is 14.5 Å². The number of carbonyl (C=O) groups is 1. The lowest BCUT2D eigenvalue weighted by atomic mass is 10.1. The van der Waals surface area contributed by atoms with Gasteiger partial charge in [0.15, 0.2) is 23.0 Å². The number of nitrogens with zero attached hydrogens (tertiary/aromatic N) is 1. The van der Waals surface area contributed by atoms with E-state index in [1.807, 2.05) is 6.07 Å². The molecule has 1 amide bonds. The second kappa shape index (κ2) is 10.7. The van der Waals surface area contributed by atoms with Crippen LogP contribution in [0.5, 0.6) is 23.0 Å². The van der Waals surface area contributed by atoms with E-state index < -0.39 is 12.5 Å². The Morgan fingerprint density at radius 3 is 2.40 bits per heavy atom. The van der Waals surface area contributed by atoms with Crippen molar-refractivity contribution in [2.45, 2.75) is 13.5 Å². The van der Waals surface area contributed by atoms with Crippen LogP contribution < -0.4 is 24.3 Å². The number of anilines is 1. The predicted octanol–water partition coefficient (Wildman–Crippen LogP) is 4.25. The van der Waals surface area contributed by atoms with Crippen LogP contribution in [0, 0.1) is 11.3 Å². The van der Waals surface area contributed by atoms with Crippen molar-refractivity contribution < 1.29 is 32.5 Å². The second-order valence-corrected chi connectivity index (χ2v) is 5.71. The average Bonchev–Trinajstić information content (AvgIpc) is 2.73. The van der Waals surface area contributed by atoms with Crippen molar-refractivity contribution in [2.24, 2.45) is 0 Å². The summed E-state index contributed by atoms with van der Waals surface area (Å²) in [5.74, 6) is 0.173. The number of methoxy groups -OCH3 is 2. The number of alkyl halides is 2. The fourth-order valence-electron chi connectivity index (χ4n) is 2.50. The number of hydrogen-bond donors (Lipinski definition) is 1. The minimum Gasteiger partial charge on any atom is -0.493 e. The highest BCUT2D eigenvalue weighted by Gasteiger charge is 2.14. The number of benzene rings is 2. The summed E-state index contributed by atoms with van der Waals surface area (Å²) in [5.41, 5.74) is 0.600. The standard InChI is InChI=1S/C21H20F2N2O5/c1-4-29-19-10-13(5-7-17(19)30-21(22)23)9-14(12-24)20(26)25-15-6-8-16(27-2)18(11-15)28-3/h5-11,21H,4H2,1-3H3,(H,25,26). The lowest BCUT2D eigenvalue weighted by molar-refractivity contribution is -0.112. The maximum atomic E-state index is 12.5. The van der Waals surface area contributed by atoms with Crippen LogP contribution >= 0.6 is 0 Å². The van der Waals surface area contributed by atoms with Gasteiger partial charge in [0.1, 0.15) is 11.6 Å². The number of halogens is 2. The van der Waals surface area contributed by atoms with Crippen molar-refractivity contribution in [1.29, 1.82) is 5.26 Å². The molecular formula is C21H20F2N2O5. The number of nitriles is 1. The van der Waals surface area contributed by atoms with Crippen molar-refractivity contribution in [3.05, 3.63) is 47.5 Å². The molecule has 9 heteroatoms. The molecule has 0 unspecified atom stereocenters. The normalized spacial score (nSPS) is 10.9. The maximum absolute atomic E-state index is 12.5. The van der Waals surface area contributed by atoms with Gasteiger partial charge in [-0.25, -0.2) is 0 Å². The van der Waals surface area contributed by atoms with Crippen molar-refractivity contribution in [2.75, 3.05) is 26.1 Å². The molecule has 158 valence electrons. The van der Waals surface area contributed by atoms with E-state index in [-0.39, 0.29) is 23.7 Å². The summed E-state index contributed by atoms with van der Waals surface area (Å²) in [4.78, 5) is 12.5. The van der Waals surface area contributed by atoms with E-state index >= 15 is 0 Å². The zero-order valence-electron chi connectivity index (χ0n) is 16.6. The van der Waals surface area contributed by atoms with Crippen LogP contribution in [-0.2, 0) is 4.79 Å². The SMILES string of the molecule is CCOc1cc(C=C(C#N)C(=O)Nc2ccc(OC)c(OC)c2)ccc1OC(F)F. The van der Waals surface area contributed by atoms with Crippen LogP contribution in [0.15, 0.2) is 42.0 Å². The third-order valence-corrected chi connectivity index (χ3v) is 3.80. The Labute approximate surface area is 172 Å².